The molecule has 0 aliphatic carbocycles. The highest BCUT2D eigenvalue weighted by atomic mass is 35.5. The van der Waals surface area contributed by atoms with Crippen LogP contribution in [0.1, 0.15) is 28.4 Å². The van der Waals surface area contributed by atoms with Crippen LogP contribution in [0.5, 0.6) is 11.5 Å². The van der Waals surface area contributed by atoms with E-state index >= 15 is 0 Å². The lowest BCUT2D eigenvalue weighted by Crippen LogP contribution is -2.22. The number of halogens is 1. The Balaban J connectivity index is 2.05. The van der Waals surface area contributed by atoms with Gasteiger partial charge in [-0.15, -0.1) is 0 Å². The van der Waals surface area contributed by atoms with Crippen LogP contribution in [0, 0.1) is 0 Å². The predicted molar refractivity (Wildman–Crippen MR) is 104 cm³/mol. The molecule has 1 N–H and O–H groups in total. The Bertz CT molecular complexity index is 719. The summed E-state index contributed by atoms with van der Waals surface area (Å²) in [5, 5.41) is 3.36. The monoisotopic (exact) mass is 379 g/mol. The van der Waals surface area contributed by atoms with Crippen LogP contribution in [0.25, 0.3) is 0 Å². The molecule has 0 radical (unpaired) electrons. The van der Waals surface area contributed by atoms with Crippen LogP contribution in [-0.2, 0) is 12.3 Å². The summed E-state index contributed by atoms with van der Waals surface area (Å²) in [4.78, 5) is 12.3. The van der Waals surface area contributed by atoms with Crippen molar-refractivity contribution in [2.45, 2.75) is 19.2 Å². The number of benzene rings is 2. The summed E-state index contributed by atoms with van der Waals surface area (Å²) in [5.41, 5.74) is 2.68. The van der Waals surface area contributed by atoms with Crippen LogP contribution < -0.4 is 14.8 Å². The minimum absolute atomic E-state index is 0.125. The van der Waals surface area contributed by atoms with E-state index in [0.29, 0.717) is 35.2 Å². The summed E-state index contributed by atoms with van der Waals surface area (Å²) in [5.74, 6) is 1.89. The van der Waals surface area contributed by atoms with Gasteiger partial charge in [-0.3, -0.25) is 4.79 Å². The molecule has 0 saturated carbocycles. The smallest absolute Gasteiger partial charge is 0.251 e. The lowest BCUT2D eigenvalue weighted by atomic mass is 10.1. The van der Waals surface area contributed by atoms with E-state index in [1.165, 1.54) is 5.56 Å². The van der Waals surface area contributed by atoms with E-state index in [2.05, 4.69) is 11.6 Å². The summed E-state index contributed by atoms with van der Waals surface area (Å²) >= 11 is 8.00. The fourth-order valence-electron chi connectivity index (χ4n) is 2.36. The topological polar surface area (TPSA) is 47.6 Å². The molecule has 2 rings (SSSR count). The molecular weight excluding hydrogens is 358 g/mol. The molecule has 0 aliphatic rings. The zero-order chi connectivity index (χ0) is 18.2. The molecular formula is C19H22ClNO3S. The van der Waals surface area contributed by atoms with Crippen molar-refractivity contribution in [1.82, 2.24) is 5.32 Å². The van der Waals surface area contributed by atoms with Gasteiger partial charge in [0.2, 0.25) is 0 Å². The van der Waals surface area contributed by atoms with E-state index in [9.17, 15) is 4.79 Å². The summed E-state index contributed by atoms with van der Waals surface area (Å²) in [6.07, 6.45) is 2.05. The van der Waals surface area contributed by atoms with Gasteiger partial charge in [-0.1, -0.05) is 23.7 Å². The Hall–Kier alpha value is -1.85. The van der Waals surface area contributed by atoms with Gasteiger partial charge in [0.25, 0.3) is 5.91 Å². The molecule has 0 aromatic heterocycles. The van der Waals surface area contributed by atoms with Gasteiger partial charge < -0.3 is 14.8 Å². The molecule has 1 amide bonds. The number of thioether (sulfide) groups is 1. The Kier molecular flexibility index (Phi) is 7.47. The number of carbonyl (C=O) groups excluding carboxylic acids is 1. The lowest BCUT2D eigenvalue weighted by molar-refractivity contribution is 0.0951. The quantitative estimate of drug-likeness (QED) is 0.731. The minimum Gasteiger partial charge on any atom is -0.493 e. The van der Waals surface area contributed by atoms with Gasteiger partial charge >= 0.3 is 0 Å². The first-order valence-electron chi connectivity index (χ1n) is 7.94. The summed E-state index contributed by atoms with van der Waals surface area (Å²) < 4.78 is 10.8. The third kappa shape index (κ3) is 5.31. The molecule has 25 heavy (non-hydrogen) atoms. The van der Waals surface area contributed by atoms with Crippen molar-refractivity contribution >= 4 is 29.3 Å². The van der Waals surface area contributed by atoms with Gasteiger partial charge in [-0.05, 0) is 48.6 Å². The number of methoxy groups -OCH3 is 1. The van der Waals surface area contributed by atoms with Crippen molar-refractivity contribution in [3.63, 3.8) is 0 Å². The second kappa shape index (κ2) is 9.59. The molecule has 0 aliphatic heterocycles. The first-order chi connectivity index (χ1) is 12.1. The van der Waals surface area contributed by atoms with Crippen LogP contribution >= 0.6 is 23.4 Å². The summed E-state index contributed by atoms with van der Waals surface area (Å²) in [6, 6.07) is 11.2. The number of amides is 1. The van der Waals surface area contributed by atoms with Crippen LogP contribution in [0.15, 0.2) is 36.4 Å². The summed E-state index contributed by atoms with van der Waals surface area (Å²) in [7, 11) is 1.56. The second-order valence-electron chi connectivity index (χ2n) is 5.35. The van der Waals surface area contributed by atoms with E-state index in [4.69, 9.17) is 21.1 Å². The Morgan fingerprint density at radius 1 is 1.20 bits per heavy atom. The molecule has 2 aromatic carbocycles. The minimum atomic E-state index is -0.125. The highest BCUT2D eigenvalue weighted by Gasteiger charge is 2.12. The van der Waals surface area contributed by atoms with Crippen LogP contribution in [0.4, 0.5) is 0 Å². The highest BCUT2D eigenvalue weighted by Crippen LogP contribution is 2.36. The van der Waals surface area contributed by atoms with Crippen molar-refractivity contribution in [3.8, 4) is 11.5 Å². The van der Waals surface area contributed by atoms with Crippen molar-refractivity contribution in [3.05, 3.63) is 58.1 Å². The second-order valence-corrected chi connectivity index (χ2v) is 6.63. The van der Waals surface area contributed by atoms with Gasteiger partial charge in [0.05, 0.1) is 18.7 Å². The maximum Gasteiger partial charge on any atom is 0.251 e. The molecule has 4 nitrogen and oxygen atoms in total. The number of hydrogen-bond donors (Lipinski definition) is 1. The first-order valence-corrected chi connectivity index (χ1v) is 9.71. The lowest BCUT2D eigenvalue weighted by Gasteiger charge is -2.13. The number of rotatable bonds is 8. The average molecular weight is 380 g/mol. The number of nitrogens with one attached hydrogen (secondary N) is 1. The zero-order valence-electron chi connectivity index (χ0n) is 14.6. The molecule has 0 saturated heterocycles. The average Bonchev–Trinajstić information content (AvgIpc) is 2.62. The third-order valence-electron chi connectivity index (χ3n) is 3.56. The zero-order valence-corrected chi connectivity index (χ0v) is 16.2. The highest BCUT2D eigenvalue weighted by molar-refractivity contribution is 7.97. The van der Waals surface area contributed by atoms with Crippen LogP contribution in [0.3, 0.4) is 0 Å². The predicted octanol–water partition coefficient (Wildman–Crippen LogP) is 4.54. The fraction of sp³-hybridized carbons (Fsp3) is 0.316. The SMILES string of the molecule is CCOc1c(Cl)cc(CNC(=O)c2ccc(CSC)cc2)cc1OC. The molecule has 0 spiro atoms. The van der Waals surface area contributed by atoms with Gasteiger partial charge in [0, 0.05) is 17.9 Å². The van der Waals surface area contributed by atoms with Crippen molar-refractivity contribution in [2.24, 2.45) is 0 Å². The maximum absolute atomic E-state index is 12.3. The normalized spacial score (nSPS) is 10.4. The standard InChI is InChI=1S/C19H22ClNO3S/c1-4-24-18-16(20)9-14(10-17(18)23-2)11-21-19(22)15-7-5-13(6-8-15)12-25-3/h5-10H,4,11-12H2,1-3H3,(H,21,22). The van der Waals surface area contributed by atoms with Crippen LogP contribution in [-0.4, -0.2) is 25.9 Å². The maximum atomic E-state index is 12.3. The Morgan fingerprint density at radius 3 is 2.52 bits per heavy atom. The van der Waals surface area contributed by atoms with E-state index in [1.807, 2.05) is 37.3 Å². The van der Waals surface area contributed by atoms with Gasteiger partial charge in [0.1, 0.15) is 0 Å². The van der Waals surface area contributed by atoms with E-state index < -0.39 is 0 Å². The number of hydrogen-bond acceptors (Lipinski definition) is 4. The number of ether oxygens (including phenoxy) is 2. The third-order valence-corrected chi connectivity index (χ3v) is 4.46. The molecule has 0 bridgehead atoms. The molecule has 134 valence electrons. The molecule has 0 unspecified atom stereocenters. The molecule has 0 atom stereocenters. The Morgan fingerprint density at radius 2 is 1.92 bits per heavy atom. The molecule has 0 heterocycles. The summed E-state index contributed by atoms with van der Waals surface area (Å²) in [6.45, 7) is 2.74. The molecule has 2 aromatic rings. The van der Waals surface area contributed by atoms with Crippen LogP contribution in [0.2, 0.25) is 5.02 Å². The number of carbonyl (C=O) groups is 1. The molecule has 0 fully saturated rings. The van der Waals surface area contributed by atoms with Gasteiger partial charge in [0.15, 0.2) is 11.5 Å². The van der Waals surface area contributed by atoms with Gasteiger partial charge in [-0.25, -0.2) is 0 Å². The largest absolute Gasteiger partial charge is 0.493 e. The first kappa shape index (κ1) is 19.5. The van der Waals surface area contributed by atoms with Crippen molar-refractivity contribution in [1.29, 1.82) is 0 Å². The van der Waals surface area contributed by atoms with Crippen molar-refractivity contribution < 1.29 is 14.3 Å². The van der Waals surface area contributed by atoms with Crippen molar-refractivity contribution in [2.75, 3.05) is 20.0 Å². The fourth-order valence-corrected chi connectivity index (χ4v) is 3.18. The molecule has 6 heteroatoms. The Labute approximate surface area is 157 Å². The van der Waals surface area contributed by atoms with E-state index in [0.717, 1.165) is 11.3 Å². The van der Waals surface area contributed by atoms with Gasteiger partial charge in [-0.2, -0.15) is 11.8 Å². The van der Waals surface area contributed by atoms with E-state index in [1.54, 1.807) is 24.9 Å². The van der Waals surface area contributed by atoms with E-state index in [-0.39, 0.29) is 5.91 Å².